The Balaban J connectivity index is 1.26. The van der Waals surface area contributed by atoms with Crippen molar-refractivity contribution in [2.24, 2.45) is 5.92 Å². The van der Waals surface area contributed by atoms with Gasteiger partial charge in [0.15, 0.2) is 0 Å². The summed E-state index contributed by atoms with van der Waals surface area (Å²) in [5.74, 6) is 0.362. The third kappa shape index (κ3) is 4.62. The Morgan fingerprint density at radius 1 is 1.07 bits per heavy atom. The van der Waals surface area contributed by atoms with Crippen LogP contribution in [0.1, 0.15) is 35.3 Å². The fourth-order valence-electron chi connectivity index (χ4n) is 3.87. The van der Waals surface area contributed by atoms with Gasteiger partial charge in [-0.15, -0.1) is 0 Å². The van der Waals surface area contributed by atoms with E-state index in [1.807, 2.05) is 59.5 Å². The number of amides is 2. The molecule has 2 N–H and O–H groups in total. The van der Waals surface area contributed by atoms with Gasteiger partial charge in [0.05, 0.1) is 0 Å². The van der Waals surface area contributed by atoms with Gasteiger partial charge in [-0.1, -0.05) is 48.0 Å². The highest BCUT2D eigenvalue weighted by atomic mass is 35.5. The lowest BCUT2D eigenvalue weighted by molar-refractivity contribution is -0.122. The zero-order chi connectivity index (χ0) is 20.2. The molecule has 2 amide bonds. The van der Waals surface area contributed by atoms with Crippen molar-refractivity contribution in [3.63, 3.8) is 0 Å². The molecule has 0 atom stereocenters. The predicted octanol–water partition coefficient (Wildman–Crippen LogP) is 4.38. The van der Waals surface area contributed by atoms with Crippen molar-refractivity contribution in [3.05, 3.63) is 70.9 Å². The third-order valence-corrected chi connectivity index (χ3v) is 5.94. The standard InChI is InChI=1S/C23H24ClN3O2/c24-19-7-3-1-6-18(19)15-25-22(28)13-16-9-11-27(12-10-16)23(29)21-14-17-5-2-4-8-20(17)26-21/h1-8,14,16,26H,9-13,15H2,(H,25,28). The first-order valence-corrected chi connectivity index (χ1v) is 10.3. The number of aromatic nitrogens is 1. The average molecular weight is 410 g/mol. The molecule has 0 radical (unpaired) electrons. The van der Waals surface area contributed by atoms with Crippen LogP contribution in [-0.2, 0) is 11.3 Å². The number of halogens is 1. The fourth-order valence-corrected chi connectivity index (χ4v) is 4.07. The summed E-state index contributed by atoms with van der Waals surface area (Å²) in [6.07, 6.45) is 2.16. The molecule has 0 saturated carbocycles. The van der Waals surface area contributed by atoms with Gasteiger partial charge in [-0.3, -0.25) is 9.59 Å². The highest BCUT2D eigenvalue weighted by Gasteiger charge is 2.26. The summed E-state index contributed by atoms with van der Waals surface area (Å²) >= 11 is 6.13. The molecule has 1 aliphatic heterocycles. The molecule has 3 aromatic rings. The first-order chi connectivity index (χ1) is 14.1. The topological polar surface area (TPSA) is 65.2 Å². The summed E-state index contributed by atoms with van der Waals surface area (Å²) in [5, 5.41) is 4.66. The number of fused-ring (bicyclic) bond motifs is 1. The minimum Gasteiger partial charge on any atom is -0.352 e. The van der Waals surface area contributed by atoms with Crippen LogP contribution in [0.3, 0.4) is 0 Å². The molecule has 150 valence electrons. The number of carbonyl (C=O) groups excluding carboxylic acids is 2. The van der Waals surface area contributed by atoms with Crippen LogP contribution in [0.15, 0.2) is 54.6 Å². The molecule has 1 aliphatic rings. The van der Waals surface area contributed by atoms with Crippen LogP contribution >= 0.6 is 11.6 Å². The maximum Gasteiger partial charge on any atom is 0.270 e. The number of benzene rings is 2. The zero-order valence-electron chi connectivity index (χ0n) is 16.2. The molecule has 1 saturated heterocycles. The molecule has 2 aromatic carbocycles. The van der Waals surface area contributed by atoms with Crippen molar-refractivity contribution in [2.45, 2.75) is 25.8 Å². The number of likely N-dealkylation sites (tertiary alicyclic amines) is 1. The number of H-pyrrole nitrogens is 1. The SMILES string of the molecule is O=C(CC1CCN(C(=O)c2cc3ccccc3[nH]2)CC1)NCc1ccccc1Cl. The summed E-state index contributed by atoms with van der Waals surface area (Å²) in [6.45, 7) is 1.80. The third-order valence-electron chi connectivity index (χ3n) is 5.57. The Kier molecular flexibility index (Phi) is 5.86. The van der Waals surface area contributed by atoms with E-state index in [9.17, 15) is 9.59 Å². The average Bonchev–Trinajstić information content (AvgIpc) is 3.17. The molecule has 29 heavy (non-hydrogen) atoms. The van der Waals surface area contributed by atoms with Gasteiger partial charge in [0.1, 0.15) is 5.69 Å². The molecular formula is C23H24ClN3O2. The minimum atomic E-state index is 0.0304. The summed E-state index contributed by atoms with van der Waals surface area (Å²) in [6, 6.07) is 17.3. The first-order valence-electron chi connectivity index (χ1n) is 9.97. The molecule has 0 bridgehead atoms. The molecule has 1 aromatic heterocycles. The van der Waals surface area contributed by atoms with Gasteiger partial charge in [-0.2, -0.15) is 0 Å². The lowest BCUT2D eigenvalue weighted by atomic mass is 9.93. The second kappa shape index (κ2) is 8.70. The van der Waals surface area contributed by atoms with E-state index >= 15 is 0 Å². The lowest BCUT2D eigenvalue weighted by Gasteiger charge is -2.31. The molecule has 0 aliphatic carbocycles. The lowest BCUT2D eigenvalue weighted by Crippen LogP contribution is -2.39. The van der Waals surface area contributed by atoms with Crippen LogP contribution < -0.4 is 5.32 Å². The molecular weight excluding hydrogens is 386 g/mol. The van der Waals surface area contributed by atoms with E-state index in [1.165, 1.54) is 0 Å². The summed E-state index contributed by atoms with van der Waals surface area (Å²) in [4.78, 5) is 30.2. The number of nitrogens with one attached hydrogen (secondary N) is 2. The number of para-hydroxylation sites is 1. The van der Waals surface area contributed by atoms with Gasteiger partial charge in [0, 0.05) is 42.0 Å². The monoisotopic (exact) mass is 409 g/mol. The van der Waals surface area contributed by atoms with Gasteiger partial charge in [0.25, 0.3) is 5.91 Å². The van der Waals surface area contributed by atoms with Crippen LogP contribution in [0.2, 0.25) is 5.02 Å². The Labute approximate surface area is 175 Å². The van der Waals surface area contributed by atoms with Gasteiger partial charge in [0.2, 0.25) is 5.91 Å². The molecule has 2 heterocycles. The Morgan fingerprint density at radius 3 is 2.55 bits per heavy atom. The van der Waals surface area contributed by atoms with Crippen molar-refractivity contribution >= 4 is 34.3 Å². The Bertz CT molecular complexity index is 989. The smallest absolute Gasteiger partial charge is 0.270 e. The van der Waals surface area contributed by atoms with Gasteiger partial charge >= 0.3 is 0 Å². The summed E-state index contributed by atoms with van der Waals surface area (Å²) < 4.78 is 0. The first kappa shape index (κ1) is 19.5. The molecule has 1 fully saturated rings. The molecule has 5 nitrogen and oxygen atoms in total. The van der Waals surface area contributed by atoms with Crippen molar-refractivity contribution in [1.29, 1.82) is 0 Å². The zero-order valence-corrected chi connectivity index (χ0v) is 16.9. The maximum absolute atomic E-state index is 12.8. The quantitative estimate of drug-likeness (QED) is 0.656. The van der Waals surface area contributed by atoms with Gasteiger partial charge < -0.3 is 15.2 Å². The number of carbonyl (C=O) groups is 2. The van der Waals surface area contributed by atoms with E-state index in [0.29, 0.717) is 42.7 Å². The van der Waals surface area contributed by atoms with E-state index in [1.54, 1.807) is 0 Å². The van der Waals surface area contributed by atoms with Crippen LogP contribution in [0.5, 0.6) is 0 Å². The second-order valence-electron chi connectivity index (χ2n) is 7.58. The Morgan fingerprint density at radius 2 is 1.79 bits per heavy atom. The number of aromatic amines is 1. The van der Waals surface area contributed by atoms with E-state index < -0.39 is 0 Å². The fraction of sp³-hybridized carbons (Fsp3) is 0.304. The Hall–Kier alpha value is -2.79. The molecule has 0 spiro atoms. The normalized spacial score (nSPS) is 14.9. The number of hydrogen-bond donors (Lipinski definition) is 2. The highest BCUT2D eigenvalue weighted by Crippen LogP contribution is 2.23. The number of hydrogen-bond acceptors (Lipinski definition) is 2. The minimum absolute atomic E-state index is 0.0304. The predicted molar refractivity (Wildman–Crippen MR) is 115 cm³/mol. The number of nitrogens with zero attached hydrogens (tertiary/aromatic N) is 1. The van der Waals surface area contributed by atoms with Gasteiger partial charge in [-0.25, -0.2) is 0 Å². The number of piperidine rings is 1. The maximum atomic E-state index is 12.8. The molecule has 4 rings (SSSR count). The number of rotatable bonds is 5. The largest absolute Gasteiger partial charge is 0.352 e. The summed E-state index contributed by atoms with van der Waals surface area (Å²) in [5.41, 5.74) is 2.52. The summed E-state index contributed by atoms with van der Waals surface area (Å²) in [7, 11) is 0. The van der Waals surface area contributed by atoms with Crippen molar-refractivity contribution < 1.29 is 9.59 Å². The highest BCUT2D eigenvalue weighted by molar-refractivity contribution is 6.31. The van der Waals surface area contributed by atoms with Crippen LogP contribution in [-0.4, -0.2) is 34.8 Å². The molecule has 6 heteroatoms. The van der Waals surface area contributed by atoms with Crippen LogP contribution in [0.4, 0.5) is 0 Å². The van der Waals surface area contributed by atoms with E-state index in [-0.39, 0.29) is 11.8 Å². The van der Waals surface area contributed by atoms with Gasteiger partial charge in [-0.05, 0) is 42.5 Å². The van der Waals surface area contributed by atoms with Crippen molar-refractivity contribution in [2.75, 3.05) is 13.1 Å². The van der Waals surface area contributed by atoms with E-state index in [2.05, 4.69) is 10.3 Å². The molecule has 0 unspecified atom stereocenters. The van der Waals surface area contributed by atoms with Crippen molar-refractivity contribution in [1.82, 2.24) is 15.2 Å². The van der Waals surface area contributed by atoms with E-state index in [0.717, 1.165) is 29.3 Å². The van der Waals surface area contributed by atoms with Crippen LogP contribution in [0.25, 0.3) is 10.9 Å². The van der Waals surface area contributed by atoms with Crippen molar-refractivity contribution in [3.8, 4) is 0 Å². The van der Waals surface area contributed by atoms with E-state index in [4.69, 9.17) is 11.6 Å². The second-order valence-corrected chi connectivity index (χ2v) is 7.99. The van der Waals surface area contributed by atoms with Crippen LogP contribution in [0, 0.1) is 5.92 Å².